The molecular formula is C16H16N2O3. The predicted molar refractivity (Wildman–Crippen MR) is 79.8 cm³/mol. The Hall–Kier alpha value is -2.66. The number of hydrogen-bond acceptors (Lipinski definition) is 3. The molecule has 1 atom stereocenters. The monoisotopic (exact) mass is 284 g/mol. The molecule has 2 aromatic rings. The van der Waals surface area contributed by atoms with Crippen LogP contribution in [0.2, 0.25) is 0 Å². The average Bonchev–Trinajstić information content (AvgIpc) is 2.49. The number of hydrogen-bond donors (Lipinski definition) is 3. The summed E-state index contributed by atoms with van der Waals surface area (Å²) >= 11 is 0. The summed E-state index contributed by atoms with van der Waals surface area (Å²) in [6.45, 7) is 0. The third kappa shape index (κ3) is 4.15. The van der Waals surface area contributed by atoms with Crippen molar-refractivity contribution in [1.82, 2.24) is 0 Å². The number of carbonyl (C=O) groups is 2. The van der Waals surface area contributed by atoms with Crippen LogP contribution in [0.15, 0.2) is 54.6 Å². The third-order valence-corrected chi connectivity index (χ3v) is 3.02. The predicted octanol–water partition coefficient (Wildman–Crippen LogP) is 1.95. The Balaban J connectivity index is 2.01. The zero-order chi connectivity index (χ0) is 15.2. The molecule has 0 fully saturated rings. The van der Waals surface area contributed by atoms with Crippen LogP contribution in [-0.2, 0) is 16.0 Å². The first-order chi connectivity index (χ1) is 10.1. The van der Waals surface area contributed by atoms with E-state index in [1.807, 2.05) is 18.2 Å². The van der Waals surface area contributed by atoms with Gasteiger partial charge >= 0.3 is 5.97 Å². The Kier molecular flexibility index (Phi) is 4.68. The van der Waals surface area contributed by atoms with Crippen LogP contribution in [-0.4, -0.2) is 17.0 Å². The van der Waals surface area contributed by atoms with Gasteiger partial charge in [0.05, 0.1) is 6.42 Å². The van der Waals surface area contributed by atoms with Crippen LogP contribution in [0, 0.1) is 0 Å². The van der Waals surface area contributed by atoms with Gasteiger partial charge in [-0.25, -0.2) is 0 Å². The van der Waals surface area contributed by atoms with E-state index in [1.165, 1.54) is 0 Å². The Morgan fingerprint density at radius 2 is 1.67 bits per heavy atom. The van der Waals surface area contributed by atoms with E-state index in [2.05, 4.69) is 5.32 Å². The summed E-state index contributed by atoms with van der Waals surface area (Å²) in [4.78, 5) is 22.6. The smallest absolute Gasteiger partial charge is 0.307 e. The standard InChI is InChI=1S/C16H16N2O3/c17-15(12-4-2-1-3-5-12)16(21)18-13-8-6-11(7-9-13)10-14(19)20/h1-9,15H,10,17H2,(H,18,21)(H,19,20)/t15-/m1/s1. The van der Waals surface area contributed by atoms with E-state index in [0.29, 0.717) is 11.3 Å². The first kappa shape index (κ1) is 14.7. The molecule has 0 saturated heterocycles. The highest BCUT2D eigenvalue weighted by atomic mass is 16.4. The van der Waals surface area contributed by atoms with Gasteiger partial charge in [0.25, 0.3) is 0 Å². The Morgan fingerprint density at radius 3 is 2.24 bits per heavy atom. The van der Waals surface area contributed by atoms with E-state index in [0.717, 1.165) is 5.56 Å². The van der Waals surface area contributed by atoms with E-state index < -0.39 is 12.0 Å². The fraction of sp³-hybridized carbons (Fsp3) is 0.125. The molecule has 21 heavy (non-hydrogen) atoms. The van der Waals surface area contributed by atoms with E-state index in [-0.39, 0.29) is 12.3 Å². The van der Waals surface area contributed by atoms with Crippen LogP contribution in [0.4, 0.5) is 5.69 Å². The minimum absolute atomic E-state index is 0.0439. The summed E-state index contributed by atoms with van der Waals surface area (Å²) in [5.74, 6) is -1.20. The van der Waals surface area contributed by atoms with E-state index in [9.17, 15) is 9.59 Å². The molecular weight excluding hydrogens is 268 g/mol. The largest absolute Gasteiger partial charge is 0.481 e. The number of rotatable bonds is 5. The molecule has 0 saturated carbocycles. The van der Waals surface area contributed by atoms with Gasteiger partial charge in [-0.05, 0) is 23.3 Å². The Labute approximate surface area is 122 Å². The number of amides is 1. The second-order valence-electron chi connectivity index (χ2n) is 4.65. The van der Waals surface area contributed by atoms with Crippen molar-refractivity contribution in [2.24, 2.45) is 5.73 Å². The Morgan fingerprint density at radius 1 is 1.05 bits per heavy atom. The fourth-order valence-electron chi connectivity index (χ4n) is 1.91. The van der Waals surface area contributed by atoms with Crippen molar-refractivity contribution in [3.05, 3.63) is 65.7 Å². The summed E-state index contributed by atoms with van der Waals surface area (Å²) in [6.07, 6.45) is -0.0439. The Bertz CT molecular complexity index is 624. The van der Waals surface area contributed by atoms with Crippen molar-refractivity contribution < 1.29 is 14.7 Å². The zero-order valence-corrected chi connectivity index (χ0v) is 11.3. The molecule has 0 aliphatic rings. The second kappa shape index (κ2) is 6.67. The van der Waals surface area contributed by atoms with Crippen LogP contribution in [0.5, 0.6) is 0 Å². The molecule has 0 aromatic heterocycles. The number of carbonyl (C=O) groups excluding carboxylic acids is 1. The van der Waals surface area contributed by atoms with Gasteiger partial charge in [0.15, 0.2) is 0 Å². The van der Waals surface area contributed by atoms with E-state index in [4.69, 9.17) is 10.8 Å². The van der Waals surface area contributed by atoms with Crippen LogP contribution in [0.25, 0.3) is 0 Å². The molecule has 1 amide bonds. The maximum absolute atomic E-state index is 12.0. The molecule has 0 aliphatic carbocycles. The summed E-state index contributed by atoms with van der Waals surface area (Å²) in [5.41, 5.74) is 7.88. The van der Waals surface area contributed by atoms with Crippen molar-refractivity contribution in [3.63, 3.8) is 0 Å². The maximum Gasteiger partial charge on any atom is 0.307 e. The van der Waals surface area contributed by atoms with Crippen molar-refractivity contribution in [2.75, 3.05) is 5.32 Å². The minimum Gasteiger partial charge on any atom is -0.481 e. The number of nitrogens with two attached hydrogens (primary N) is 1. The third-order valence-electron chi connectivity index (χ3n) is 3.02. The molecule has 0 aliphatic heterocycles. The lowest BCUT2D eigenvalue weighted by Crippen LogP contribution is -2.27. The lowest BCUT2D eigenvalue weighted by molar-refractivity contribution is -0.136. The van der Waals surface area contributed by atoms with Gasteiger partial charge in [-0.15, -0.1) is 0 Å². The molecule has 2 aromatic carbocycles. The fourth-order valence-corrected chi connectivity index (χ4v) is 1.91. The van der Waals surface area contributed by atoms with Crippen molar-refractivity contribution in [3.8, 4) is 0 Å². The van der Waals surface area contributed by atoms with Crippen LogP contribution < -0.4 is 11.1 Å². The van der Waals surface area contributed by atoms with Gasteiger partial charge in [0.2, 0.25) is 5.91 Å². The quantitative estimate of drug-likeness (QED) is 0.782. The lowest BCUT2D eigenvalue weighted by atomic mass is 10.1. The molecule has 0 bridgehead atoms. The SMILES string of the molecule is N[C@@H](C(=O)Nc1ccc(CC(=O)O)cc1)c1ccccc1. The summed E-state index contributed by atoms with van der Waals surface area (Å²) in [5, 5.41) is 11.4. The van der Waals surface area contributed by atoms with E-state index in [1.54, 1.807) is 36.4 Å². The molecule has 0 radical (unpaired) electrons. The van der Waals surface area contributed by atoms with Crippen molar-refractivity contribution in [2.45, 2.75) is 12.5 Å². The normalized spacial score (nSPS) is 11.7. The average molecular weight is 284 g/mol. The second-order valence-corrected chi connectivity index (χ2v) is 4.65. The maximum atomic E-state index is 12.0. The molecule has 5 heteroatoms. The highest BCUT2D eigenvalue weighted by Gasteiger charge is 2.15. The van der Waals surface area contributed by atoms with Gasteiger partial charge in [0.1, 0.15) is 6.04 Å². The summed E-state index contributed by atoms with van der Waals surface area (Å²) in [7, 11) is 0. The number of anilines is 1. The van der Waals surface area contributed by atoms with E-state index >= 15 is 0 Å². The molecule has 2 rings (SSSR count). The van der Waals surface area contributed by atoms with Gasteiger partial charge in [0, 0.05) is 5.69 Å². The number of carboxylic acids is 1. The molecule has 0 spiro atoms. The molecule has 108 valence electrons. The zero-order valence-electron chi connectivity index (χ0n) is 11.3. The number of nitrogens with one attached hydrogen (secondary N) is 1. The van der Waals surface area contributed by atoms with Gasteiger partial charge < -0.3 is 16.2 Å². The summed E-state index contributed by atoms with van der Waals surface area (Å²) < 4.78 is 0. The lowest BCUT2D eigenvalue weighted by Gasteiger charge is -2.12. The highest BCUT2D eigenvalue weighted by molar-refractivity contribution is 5.95. The van der Waals surface area contributed by atoms with Gasteiger partial charge in [-0.3, -0.25) is 9.59 Å². The molecule has 4 N–H and O–H groups in total. The summed E-state index contributed by atoms with van der Waals surface area (Å²) in [6, 6.07) is 15.0. The number of carboxylic acid groups (broad SMARTS) is 1. The topological polar surface area (TPSA) is 92.4 Å². The minimum atomic E-state index is -0.891. The molecule has 0 unspecified atom stereocenters. The van der Waals surface area contributed by atoms with Crippen LogP contribution in [0.1, 0.15) is 17.2 Å². The number of benzene rings is 2. The van der Waals surface area contributed by atoms with Crippen molar-refractivity contribution in [1.29, 1.82) is 0 Å². The number of aliphatic carboxylic acids is 1. The van der Waals surface area contributed by atoms with Crippen LogP contribution in [0.3, 0.4) is 0 Å². The van der Waals surface area contributed by atoms with Gasteiger partial charge in [-0.1, -0.05) is 42.5 Å². The molecule has 5 nitrogen and oxygen atoms in total. The van der Waals surface area contributed by atoms with Crippen molar-refractivity contribution >= 4 is 17.6 Å². The first-order valence-electron chi connectivity index (χ1n) is 6.48. The first-order valence-corrected chi connectivity index (χ1v) is 6.48. The molecule has 0 heterocycles. The van der Waals surface area contributed by atoms with Gasteiger partial charge in [-0.2, -0.15) is 0 Å². The van der Waals surface area contributed by atoms with Crippen LogP contribution >= 0.6 is 0 Å². The highest BCUT2D eigenvalue weighted by Crippen LogP contribution is 2.14.